The summed E-state index contributed by atoms with van der Waals surface area (Å²) < 4.78 is 0. The molecule has 0 radical (unpaired) electrons. The Labute approximate surface area is 125 Å². The monoisotopic (exact) mass is 293 g/mol. The van der Waals surface area contributed by atoms with Gasteiger partial charge >= 0.3 is 0 Å². The lowest BCUT2D eigenvalue weighted by atomic mass is 10.2. The van der Waals surface area contributed by atoms with Gasteiger partial charge in [-0.3, -0.25) is 0 Å². The number of aromatic nitrogens is 2. The number of nitrogens with zero attached hydrogens (tertiary/aromatic N) is 3. The van der Waals surface area contributed by atoms with Crippen molar-refractivity contribution in [2.24, 2.45) is 0 Å². The number of nitrogen functional groups attached to an aromatic ring is 1. The zero-order chi connectivity index (χ0) is 14.7. The predicted molar refractivity (Wildman–Crippen MR) is 84.2 cm³/mol. The Morgan fingerprint density at radius 1 is 1.24 bits per heavy atom. The molecule has 0 unspecified atom stereocenters. The molecular weight excluding hydrogens is 282 g/mol. The van der Waals surface area contributed by atoms with E-state index in [0.29, 0.717) is 22.9 Å². The summed E-state index contributed by atoms with van der Waals surface area (Å²) in [7, 11) is 0. The van der Waals surface area contributed by atoms with E-state index in [1.807, 2.05) is 35.7 Å². The summed E-state index contributed by atoms with van der Waals surface area (Å²) in [4.78, 5) is 9.53. The third-order valence-corrected chi connectivity index (χ3v) is 3.68. The molecule has 21 heavy (non-hydrogen) atoms. The number of hydrogen-bond donors (Lipinski definition) is 2. The number of hydrogen-bond acceptors (Lipinski definition) is 6. The van der Waals surface area contributed by atoms with Crippen molar-refractivity contribution in [3.63, 3.8) is 0 Å². The highest BCUT2D eigenvalue weighted by Crippen LogP contribution is 2.27. The summed E-state index contributed by atoms with van der Waals surface area (Å²) in [6.07, 6.45) is 1.52. The molecular formula is C15H11N5S. The first kappa shape index (κ1) is 13.1. The van der Waals surface area contributed by atoms with Crippen LogP contribution in [0.2, 0.25) is 0 Å². The second-order valence-electron chi connectivity index (χ2n) is 4.30. The molecule has 6 heteroatoms. The second-order valence-corrected chi connectivity index (χ2v) is 5.24. The first-order valence-corrected chi connectivity index (χ1v) is 7.08. The lowest BCUT2D eigenvalue weighted by molar-refractivity contribution is 1.16. The van der Waals surface area contributed by atoms with Gasteiger partial charge in [-0.15, -0.1) is 11.3 Å². The van der Waals surface area contributed by atoms with E-state index in [2.05, 4.69) is 21.4 Å². The Balaban J connectivity index is 1.98. The average Bonchev–Trinajstić information content (AvgIpc) is 3.01. The van der Waals surface area contributed by atoms with E-state index in [-0.39, 0.29) is 0 Å². The van der Waals surface area contributed by atoms with Crippen molar-refractivity contribution in [1.29, 1.82) is 5.26 Å². The Kier molecular flexibility index (Phi) is 3.50. The molecule has 0 bridgehead atoms. The molecule has 0 fully saturated rings. The van der Waals surface area contributed by atoms with Crippen LogP contribution in [0.4, 0.5) is 17.3 Å². The van der Waals surface area contributed by atoms with Crippen molar-refractivity contribution in [2.45, 2.75) is 0 Å². The molecule has 1 aromatic carbocycles. The number of thiophene rings is 1. The molecule has 0 aliphatic rings. The molecule has 0 atom stereocenters. The van der Waals surface area contributed by atoms with Crippen LogP contribution in [0.25, 0.3) is 10.6 Å². The van der Waals surface area contributed by atoms with Crippen molar-refractivity contribution in [3.8, 4) is 16.6 Å². The molecule has 5 nitrogen and oxygen atoms in total. The zero-order valence-electron chi connectivity index (χ0n) is 10.9. The molecule has 3 rings (SSSR count). The molecule has 0 saturated carbocycles. The molecule has 2 aromatic heterocycles. The van der Waals surface area contributed by atoms with Gasteiger partial charge in [-0.1, -0.05) is 12.1 Å². The topological polar surface area (TPSA) is 87.6 Å². The second kappa shape index (κ2) is 5.61. The summed E-state index contributed by atoms with van der Waals surface area (Å²) in [6, 6.07) is 13.3. The van der Waals surface area contributed by atoms with Gasteiger partial charge in [-0.05, 0) is 29.6 Å². The van der Waals surface area contributed by atoms with E-state index in [1.54, 1.807) is 6.07 Å². The van der Waals surface area contributed by atoms with Crippen LogP contribution in [-0.4, -0.2) is 9.97 Å². The molecule has 102 valence electrons. The Morgan fingerprint density at radius 2 is 2.14 bits per heavy atom. The molecule has 0 amide bonds. The summed E-state index contributed by atoms with van der Waals surface area (Å²) in [5.74, 6) is 0.433. The van der Waals surface area contributed by atoms with E-state index in [0.717, 1.165) is 10.6 Å². The van der Waals surface area contributed by atoms with Crippen LogP contribution in [0.15, 0.2) is 48.0 Å². The molecule has 3 N–H and O–H groups in total. The maximum absolute atomic E-state index is 9.17. The van der Waals surface area contributed by atoms with Gasteiger partial charge in [-0.2, -0.15) is 5.26 Å². The SMILES string of the molecule is N#Cc1cnc(Nc2cccc(N)c2)nc1-c1cccs1. The first-order valence-electron chi connectivity index (χ1n) is 6.20. The van der Waals surface area contributed by atoms with Crippen molar-refractivity contribution in [2.75, 3.05) is 11.1 Å². The highest BCUT2D eigenvalue weighted by molar-refractivity contribution is 7.13. The van der Waals surface area contributed by atoms with Gasteiger partial charge in [0.25, 0.3) is 0 Å². The standard InChI is InChI=1S/C15H11N5S/c16-8-10-9-18-15(19-12-4-1-3-11(17)7-12)20-14(10)13-5-2-6-21-13/h1-7,9H,17H2,(H,18,19,20). The Bertz CT molecular complexity index is 805. The van der Waals surface area contributed by atoms with Gasteiger partial charge in [0.15, 0.2) is 0 Å². The largest absolute Gasteiger partial charge is 0.399 e. The first-order chi connectivity index (χ1) is 10.3. The normalized spacial score (nSPS) is 10.0. The van der Waals surface area contributed by atoms with Crippen molar-refractivity contribution < 1.29 is 0 Å². The molecule has 0 aliphatic carbocycles. The molecule has 3 aromatic rings. The Morgan fingerprint density at radius 3 is 2.86 bits per heavy atom. The number of nitrogens with two attached hydrogens (primary N) is 1. The number of benzene rings is 1. The van der Waals surface area contributed by atoms with Crippen molar-refractivity contribution in [3.05, 3.63) is 53.5 Å². The number of nitriles is 1. The van der Waals surface area contributed by atoms with Crippen LogP contribution in [0.3, 0.4) is 0 Å². The van der Waals surface area contributed by atoms with Gasteiger partial charge in [0, 0.05) is 11.4 Å². The van der Waals surface area contributed by atoms with Crippen LogP contribution in [0.5, 0.6) is 0 Å². The third kappa shape index (κ3) is 2.83. The van der Waals surface area contributed by atoms with Crippen molar-refractivity contribution in [1.82, 2.24) is 9.97 Å². The van der Waals surface area contributed by atoms with Gasteiger partial charge in [0.05, 0.1) is 16.6 Å². The predicted octanol–water partition coefficient (Wildman–Crippen LogP) is 3.40. The average molecular weight is 293 g/mol. The van der Waals surface area contributed by atoms with Crippen LogP contribution in [0, 0.1) is 11.3 Å². The van der Waals surface area contributed by atoms with E-state index < -0.39 is 0 Å². The summed E-state index contributed by atoms with van der Waals surface area (Å²) >= 11 is 1.53. The van der Waals surface area contributed by atoms with Gasteiger partial charge in [-0.25, -0.2) is 9.97 Å². The minimum atomic E-state index is 0.433. The molecule has 2 heterocycles. The van der Waals surface area contributed by atoms with Gasteiger partial charge in [0.2, 0.25) is 5.95 Å². The molecule has 0 saturated heterocycles. The Hall–Kier alpha value is -2.91. The number of anilines is 3. The third-order valence-electron chi connectivity index (χ3n) is 2.81. The quantitative estimate of drug-likeness (QED) is 0.723. The summed E-state index contributed by atoms with van der Waals surface area (Å²) in [5.41, 5.74) is 8.29. The summed E-state index contributed by atoms with van der Waals surface area (Å²) in [5, 5.41) is 14.2. The smallest absolute Gasteiger partial charge is 0.227 e. The lowest BCUT2D eigenvalue weighted by Gasteiger charge is -2.07. The number of nitrogens with one attached hydrogen (secondary N) is 1. The fraction of sp³-hybridized carbons (Fsp3) is 0. The molecule has 0 spiro atoms. The van der Waals surface area contributed by atoms with Gasteiger partial charge < -0.3 is 11.1 Å². The fourth-order valence-corrected chi connectivity index (χ4v) is 2.60. The molecule has 0 aliphatic heterocycles. The lowest BCUT2D eigenvalue weighted by Crippen LogP contribution is -2.00. The summed E-state index contributed by atoms with van der Waals surface area (Å²) in [6.45, 7) is 0. The maximum atomic E-state index is 9.17. The van der Waals surface area contributed by atoms with Gasteiger partial charge in [0.1, 0.15) is 11.8 Å². The highest BCUT2D eigenvalue weighted by Gasteiger charge is 2.10. The van der Waals surface area contributed by atoms with Crippen molar-refractivity contribution >= 4 is 28.7 Å². The number of rotatable bonds is 3. The van der Waals surface area contributed by atoms with Crippen LogP contribution in [0.1, 0.15) is 5.56 Å². The van der Waals surface area contributed by atoms with Crippen LogP contribution < -0.4 is 11.1 Å². The zero-order valence-corrected chi connectivity index (χ0v) is 11.8. The van der Waals surface area contributed by atoms with E-state index in [1.165, 1.54) is 17.5 Å². The van der Waals surface area contributed by atoms with Crippen LogP contribution >= 0.6 is 11.3 Å². The van der Waals surface area contributed by atoms with E-state index in [9.17, 15) is 5.26 Å². The maximum Gasteiger partial charge on any atom is 0.227 e. The fourth-order valence-electron chi connectivity index (χ4n) is 1.87. The minimum Gasteiger partial charge on any atom is -0.399 e. The highest BCUT2D eigenvalue weighted by atomic mass is 32.1. The van der Waals surface area contributed by atoms with E-state index in [4.69, 9.17) is 5.73 Å². The van der Waals surface area contributed by atoms with E-state index >= 15 is 0 Å². The minimum absolute atomic E-state index is 0.433. The van der Waals surface area contributed by atoms with Crippen LogP contribution in [-0.2, 0) is 0 Å².